The fraction of sp³-hybridized carbons (Fsp3) is 0.938. The molecule has 1 heterocycles. The van der Waals surface area contributed by atoms with E-state index in [0.717, 1.165) is 25.0 Å². The summed E-state index contributed by atoms with van der Waals surface area (Å²) in [5.74, 6) is 2.49. The van der Waals surface area contributed by atoms with Gasteiger partial charge in [-0.1, -0.05) is 13.8 Å². The van der Waals surface area contributed by atoms with Gasteiger partial charge in [-0.05, 0) is 31.7 Å². The summed E-state index contributed by atoms with van der Waals surface area (Å²) >= 11 is 0. The Balaban J connectivity index is 1.78. The van der Waals surface area contributed by atoms with Gasteiger partial charge in [0.05, 0.1) is 0 Å². The molecule has 2 aliphatic rings. The second kappa shape index (κ2) is 7.99. The number of hydrogen-bond acceptors (Lipinski definition) is 3. The van der Waals surface area contributed by atoms with Crippen LogP contribution in [0.25, 0.3) is 0 Å². The van der Waals surface area contributed by atoms with Crippen molar-refractivity contribution in [2.24, 2.45) is 16.8 Å². The van der Waals surface area contributed by atoms with Crippen LogP contribution >= 0.6 is 0 Å². The van der Waals surface area contributed by atoms with Crippen LogP contribution < -0.4 is 10.6 Å². The first-order valence-corrected chi connectivity index (χ1v) is 8.47. The third kappa shape index (κ3) is 5.47. The Bertz CT molecular complexity index is 330. The van der Waals surface area contributed by atoms with E-state index in [1.165, 1.54) is 39.0 Å². The summed E-state index contributed by atoms with van der Waals surface area (Å²) in [4.78, 5) is 9.39. The third-order valence-corrected chi connectivity index (χ3v) is 4.73. The molecule has 122 valence electrons. The first-order valence-electron chi connectivity index (χ1n) is 8.47. The van der Waals surface area contributed by atoms with Crippen molar-refractivity contribution in [3.05, 3.63) is 0 Å². The Morgan fingerprint density at radius 1 is 1.14 bits per heavy atom. The minimum Gasteiger partial charge on any atom is -0.356 e. The maximum atomic E-state index is 4.34. The second-order valence-electron chi connectivity index (χ2n) is 6.93. The Labute approximate surface area is 130 Å². The molecular weight excluding hydrogens is 262 g/mol. The van der Waals surface area contributed by atoms with Gasteiger partial charge in [-0.15, -0.1) is 0 Å². The zero-order valence-corrected chi connectivity index (χ0v) is 14.2. The van der Waals surface area contributed by atoms with E-state index in [9.17, 15) is 0 Å². The van der Waals surface area contributed by atoms with Gasteiger partial charge in [-0.3, -0.25) is 9.89 Å². The molecule has 0 spiro atoms. The highest BCUT2D eigenvalue weighted by Crippen LogP contribution is 2.27. The Morgan fingerprint density at radius 2 is 1.81 bits per heavy atom. The Morgan fingerprint density at radius 3 is 2.33 bits per heavy atom. The van der Waals surface area contributed by atoms with Crippen LogP contribution in [0.15, 0.2) is 4.99 Å². The van der Waals surface area contributed by atoms with E-state index in [2.05, 4.69) is 46.3 Å². The van der Waals surface area contributed by atoms with Gasteiger partial charge in [0.1, 0.15) is 0 Å². The van der Waals surface area contributed by atoms with Crippen molar-refractivity contribution in [1.82, 2.24) is 20.4 Å². The summed E-state index contributed by atoms with van der Waals surface area (Å²) < 4.78 is 0. The minimum atomic E-state index is 0.582. The van der Waals surface area contributed by atoms with Crippen molar-refractivity contribution in [3.8, 4) is 0 Å². The molecule has 0 aromatic heterocycles. The highest BCUT2D eigenvalue weighted by Gasteiger charge is 2.25. The quantitative estimate of drug-likeness (QED) is 0.563. The molecule has 1 saturated carbocycles. The maximum Gasteiger partial charge on any atom is 0.191 e. The Kier molecular flexibility index (Phi) is 6.30. The first-order chi connectivity index (χ1) is 10.1. The fourth-order valence-electron chi connectivity index (χ4n) is 2.92. The summed E-state index contributed by atoms with van der Waals surface area (Å²) in [5, 5.41) is 6.97. The molecule has 0 bridgehead atoms. The van der Waals surface area contributed by atoms with Crippen LogP contribution in [0.5, 0.6) is 0 Å². The molecule has 1 atom stereocenters. The van der Waals surface area contributed by atoms with Crippen LogP contribution in [-0.2, 0) is 0 Å². The molecule has 1 unspecified atom stereocenters. The van der Waals surface area contributed by atoms with Gasteiger partial charge in [0.2, 0.25) is 0 Å². The predicted molar refractivity (Wildman–Crippen MR) is 89.8 cm³/mol. The lowest BCUT2D eigenvalue weighted by molar-refractivity contribution is 0.0900. The third-order valence-electron chi connectivity index (χ3n) is 4.73. The lowest BCUT2D eigenvalue weighted by Crippen LogP contribution is -2.55. The average Bonchev–Trinajstić information content (AvgIpc) is 3.28. The number of hydrogen-bond donors (Lipinski definition) is 2. The molecule has 5 heteroatoms. The van der Waals surface area contributed by atoms with Crippen molar-refractivity contribution in [2.75, 3.05) is 53.4 Å². The van der Waals surface area contributed by atoms with Crippen LogP contribution in [-0.4, -0.2) is 75.2 Å². The zero-order chi connectivity index (χ0) is 15.2. The Hall–Kier alpha value is -0.810. The fourth-order valence-corrected chi connectivity index (χ4v) is 2.92. The normalized spacial score (nSPS) is 23.4. The predicted octanol–water partition coefficient (Wildman–Crippen LogP) is 0.833. The van der Waals surface area contributed by atoms with Crippen LogP contribution in [0.3, 0.4) is 0 Å². The van der Waals surface area contributed by atoms with Gasteiger partial charge in [-0.2, -0.15) is 0 Å². The van der Waals surface area contributed by atoms with Gasteiger partial charge in [0.15, 0.2) is 5.96 Å². The molecule has 0 amide bonds. The van der Waals surface area contributed by atoms with E-state index in [4.69, 9.17) is 0 Å². The standard InChI is InChI=1S/C16H33N5/c1-13(2)15(21-9-7-20(4)8-10-21)12-19-16(17-3)18-11-14-5-6-14/h13-15H,5-12H2,1-4H3,(H2,17,18,19). The van der Waals surface area contributed by atoms with Crippen molar-refractivity contribution < 1.29 is 0 Å². The number of aliphatic imine (C=N–C) groups is 1. The number of guanidine groups is 1. The molecule has 0 radical (unpaired) electrons. The highest BCUT2D eigenvalue weighted by molar-refractivity contribution is 5.79. The molecule has 1 saturated heterocycles. The van der Waals surface area contributed by atoms with E-state index >= 15 is 0 Å². The lowest BCUT2D eigenvalue weighted by Gasteiger charge is -2.40. The van der Waals surface area contributed by atoms with Crippen molar-refractivity contribution in [3.63, 3.8) is 0 Å². The number of rotatable bonds is 6. The summed E-state index contributed by atoms with van der Waals surface area (Å²) in [5.41, 5.74) is 0. The van der Waals surface area contributed by atoms with Crippen molar-refractivity contribution in [1.29, 1.82) is 0 Å². The number of nitrogens with one attached hydrogen (secondary N) is 2. The SMILES string of the molecule is CN=C(NCC1CC1)NCC(C(C)C)N1CCN(C)CC1. The zero-order valence-electron chi connectivity index (χ0n) is 14.2. The van der Waals surface area contributed by atoms with Gasteiger partial charge in [0.25, 0.3) is 0 Å². The summed E-state index contributed by atoms with van der Waals surface area (Å²) in [6.07, 6.45) is 2.75. The van der Waals surface area contributed by atoms with E-state index in [-0.39, 0.29) is 0 Å². The smallest absolute Gasteiger partial charge is 0.191 e. The van der Waals surface area contributed by atoms with Crippen molar-refractivity contribution >= 4 is 5.96 Å². The number of piperazine rings is 1. The molecule has 21 heavy (non-hydrogen) atoms. The minimum absolute atomic E-state index is 0.582. The molecule has 0 aromatic rings. The van der Waals surface area contributed by atoms with Gasteiger partial charge < -0.3 is 15.5 Å². The summed E-state index contributed by atoms with van der Waals surface area (Å²) in [7, 11) is 4.08. The van der Waals surface area contributed by atoms with E-state index in [0.29, 0.717) is 12.0 Å². The molecule has 2 rings (SSSR count). The maximum absolute atomic E-state index is 4.34. The van der Waals surface area contributed by atoms with Crippen molar-refractivity contribution in [2.45, 2.75) is 32.7 Å². The highest BCUT2D eigenvalue weighted by atomic mass is 15.3. The molecular formula is C16H33N5. The molecule has 1 aliphatic carbocycles. The van der Waals surface area contributed by atoms with Gasteiger partial charge in [-0.25, -0.2) is 0 Å². The summed E-state index contributed by atoms with van der Waals surface area (Å²) in [6.45, 7) is 11.4. The van der Waals surface area contributed by atoms with Gasteiger partial charge in [0, 0.05) is 52.4 Å². The van der Waals surface area contributed by atoms with E-state index in [1.807, 2.05) is 7.05 Å². The summed E-state index contributed by atoms with van der Waals surface area (Å²) in [6, 6.07) is 0.582. The van der Waals surface area contributed by atoms with E-state index < -0.39 is 0 Å². The number of nitrogens with zero attached hydrogens (tertiary/aromatic N) is 3. The second-order valence-corrected chi connectivity index (χ2v) is 6.93. The lowest BCUT2D eigenvalue weighted by atomic mass is 10.0. The first kappa shape index (κ1) is 16.6. The largest absolute Gasteiger partial charge is 0.356 e. The monoisotopic (exact) mass is 295 g/mol. The topological polar surface area (TPSA) is 42.9 Å². The number of likely N-dealkylation sites (N-methyl/N-ethyl adjacent to an activating group) is 1. The molecule has 2 N–H and O–H groups in total. The molecule has 2 fully saturated rings. The van der Waals surface area contributed by atoms with Gasteiger partial charge >= 0.3 is 0 Å². The van der Waals surface area contributed by atoms with Crippen LogP contribution in [0.1, 0.15) is 26.7 Å². The molecule has 5 nitrogen and oxygen atoms in total. The molecule has 0 aromatic carbocycles. The van der Waals surface area contributed by atoms with Crippen LogP contribution in [0, 0.1) is 11.8 Å². The van der Waals surface area contributed by atoms with Crippen LogP contribution in [0.4, 0.5) is 0 Å². The van der Waals surface area contributed by atoms with Crippen LogP contribution in [0.2, 0.25) is 0 Å². The molecule has 1 aliphatic heterocycles. The van der Waals surface area contributed by atoms with E-state index in [1.54, 1.807) is 0 Å². The average molecular weight is 295 g/mol.